The predicted octanol–water partition coefficient (Wildman–Crippen LogP) is 0.00220. The second kappa shape index (κ2) is 6.75. The number of amides is 3. The molecule has 0 aromatic rings. The summed E-state index contributed by atoms with van der Waals surface area (Å²) in [5.41, 5.74) is 0. The van der Waals surface area contributed by atoms with Crippen LogP contribution in [0.25, 0.3) is 0 Å². The molecule has 2 fully saturated rings. The first-order chi connectivity index (χ1) is 9.22. The van der Waals surface area contributed by atoms with E-state index in [9.17, 15) is 9.59 Å². The lowest BCUT2D eigenvalue weighted by atomic mass is 10.0. The average Bonchev–Trinajstić information content (AvgIpc) is 2.48. The number of piperazine rings is 1. The van der Waals surface area contributed by atoms with Crippen LogP contribution in [0.15, 0.2) is 0 Å². The van der Waals surface area contributed by atoms with E-state index in [1.54, 1.807) is 4.90 Å². The SMILES string of the molecule is CCNC(=O)N1CCN(C(=O)C2CCCCN2)CC1. The van der Waals surface area contributed by atoms with Gasteiger partial charge in [0.2, 0.25) is 5.91 Å². The molecular weight excluding hydrogens is 244 g/mol. The molecule has 6 nitrogen and oxygen atoms in total. The van der Waals surface area contributed by atoms with E-state index in [0.29, 0.717) is 32.7 Å². The number of hydrogen-bond donors (Lipinski definition) is 2. The fourth-order valence-corrected chi connectivity index (χ4v) is 2.68. The molecule has 0 spiro atoms. The Morgan fingerprint density at radius 2 is 1.84 bits per heavy atom. The first-order valence-electron chi connectivity index (χ1n) is 7.27. The Kier molecular flexibility index (Phi) is 5.01. The fourth-order valence-electron chi connectivity index (χ4n) is 2.68. The van der Waals surface area contributed by atoms with Crippen molar-refractivity contribution >= 4 is 11.9 Å². The predicted molar refractivity (Wildman–Crippen MR) is 72.9 cm³/mol. The zero-order valence-corrected chi connectivity index (χ0v) is 11.7. The van der Waals surface area contributed by atoms with Gasteiger partial charge in [-0.15, -0.1) is 0 Å². The molecule has 2 saturated heterocycles. The number of hydrogen-bond acceptors (Lipinski definition) is 3. The van der Waals surface area contributed by atoms with Crippen molar-refractivity contribution in [1.29, 1.82) is 0 Å². The van der Waals surface area contributed by atoms with Gasteiger partial charge in [-0.05, 0) is 26.3 Å². The number of urea groups is 1. The summed E-state index contributed by atoms with van der Waals surface area (Å²) in [6, 6.07) is -0.0323. The number of rotatable bonds is 2. The summed E-state index contributed by atoms with van der Waals surface area (Å²) >= 11 is 0. The van der Waals surface area contributed by atoms with E-state index < -0.39 is 0 Å². The van der Waals surface area contributed by atoms with E-state index in [1.807, 2.05) is 11.8 Å². The van der Waals surface area contributed by atoms with Crippen LogP contribution in [0.2, 0.25) is 0 Å². The minimum atomic E-state index is -0.0228. The van der Waals surface area contributed by atoms with Crippen LogP contribution < -0.4 is 10.6 Å². The monoisotopic (exact) mass is 268 g/mol. The van der Waals surface area contributed by atoms with Gasteiger partial charge >= 0.3 is 6.03 Å². The Morgan fingerprint density at radius 1 is 1.16 bits per heavy atom. The van der Waals surface area contributed by atoms with Crippen molar-refractivity contribution in [2.45, 2.75) is 32.2 Å². The summed E-state index contributed by atoms with van der Waals surface area (Å²) in [6.07, 6.45) is 3.23. The quantitative estimate of drug-likeness (QED) is 0.741. The highest BCUT2D eigenvalue weighted by molar-refractivity contribution is 5.82. The minimum absolute atomic E-state index is 0.00947. The van der Waals surface area contributed by atoms with E-state index in [2.05, 4.69) is 10.6 Å². The van der Waals surface area contributed by atoms with Crippen molar-refractivity contribution in [3.63, 3.8) is 0 Å². The van der Waals surface area contributed by atoms with Crippen LogP contribution in [-0.4, -0.2) is 67.0 Å². The third kappa shape index (κ3) is 3.59. The van der Waals surface area contributed by atoms with Crippen LogP contribution >= 0.6 is 0 Å². The highest BCUT2D eigenvalue weighted by Gasteiger charge is 2.29. The summed E-state index contributed by atoms with van der Waals surface area (Å²) < 4.78 is 0. The van der Waals surface area contributed by atoms with Crippen molar-refractivity contribution in [3.05, 3.63) is 0 Å². The summed E-state index contributed by atoms with van der Waals surface area (Å²) in [4.78, 5) is 27.6. The first kappa shape index (κ1) is 14.1. The molecule has 6 heteroatoms. The number of nitrogens with zero attached hydrogens (tertiary/aromatic N) is 2. The molecule has 1 atom stereocenters. The van der Waals surface area contributed by atoms with Crippen molar-refractivity contribution in [2.75, 3.05) is 39.3 Å². The van der Waals surface area contributed by atoms with E-state index in [-0.39, 0.29) is 18.0 Å². The molecule has 2 aliphatic heterocycles. The molecule has 1 unspecified atom stereocenters. The number of nitrogens with one attached hydrogen (secondary N) is 2. The Balaban J connectivity index is 1.79. The molecule has 0 aromatic heterocycles. The third-order valence-electron chi connectivity index (χ3n) is 3.81. The maximum atomic E-state index is 12.3. The average molecular weight is 268 g/mol. The lowest BCUT2D eigenvalue weighted by Gasteiger charge is -2.37. The van der Waals surface area contributed by atoms with E-state index in [0.717, 1.165) is 25.8 Å². The molecule has 2 N–H and O–H groups in total. The van der Waals surface area contributed by atoms with Crippen LogP contribution in [0.1, 0.15) is 26.2 Å². The van der Waals surface area contributed by atoms with Gasteiger partial charge in [-0.2, -0.15) is 0 Å². The van der Waals surface area contributed by atoms with Gasteiger partial charge in [0.05, 0.1) is 6.04 Å². The fraction of sp³-hybridized carbons (Fsp3) is 0.846. The zero-order valence-electron chi connectivity index (χ0n) is 11.7. The van der Waals surface area contributed by atoms with Crippen LogP contribution in [0.3, 0.4) is 0 Å². The van der Waals surface area contributed by atoms with Gasteiger partial charge in [-0.25, -0.2) is 4.79 Å². The highest BCUT2D eigenvalue weighted by atomic mass is 16.2. The van der Waals surface area contributed by atoms with Gasteiger partial charge in [-0.3, -0.25) is 4.79 Å². The van der Waals surface area contributed by atoms with E-state index in [1.165, 1.54) is 0 Å². The molecule has 3 amide bonds. The van der Waals surface area contributed by atoms with Crippen LogP contribution in [0.5, 0.6) is 0 Å². The van der Waals surface area contributed by atoms with Crippen molar-refractivity contribution in [2.24, 2.45) is 0 Å². The molecule has 0 radical (unpaired) electrons. The largest absolute Gasteiger partial charge is 0.338 e. The second-order valence-corrected chi connectivity index (χ2v) is 5.15. The number of carbonyl (C=O) groups excluding carboxylic acids is 2. The molecule has 0 saturated carbocycles. The maximum absolute atomic E-state index is 12.3. The van der Waals surface area contributed by atoms with Gasteiger partial charge in [-0.1, -0.05) is 6.42 Å². The lowest BCUT2D eigenvalue weighted by Crippen LogP contribution is -2.57. The molecule has 19 heavy (non-hydrogen) atoms. The van der Waals surface area contributed by atoms with Gasteiger partial charge in [0.15, 0.2) is 0 Å². The Labute approximate surface area is 114 Å². The van der Waals surface area contributed by atoms with Crippen LogP contribution in [-0.2, 0) is 4.79 Å². The summed E-state index contributed by atoms with van der Waals surface area (Å²) in [5.74, 6) is 0.204. The summed E-state index contributed by atoms with van der Waals surface area (Å²) in [6.45, 7) is 6.04. The smallest absolute Gasteiger partial charge is 0.317 e. The van der Waals surface area contributed by atoms with Crippen LogP contribution in [0.4, 0.5) is 4.79 Å². The molecular formula is C13H24N4O2. The second-order valence-electron chi connectivity index (χ2n) is 5.15. The molecule has 2 heterocycles. The standard InChI is InChI=1S/C13H24N4O2/c1-2-14-13(19)17-9-7-16(8-10-17)12(18)11-5-3-4-6-15-11/h11,15H,2-10H2,1H3,(H,14,19). The molecule has 2 aliphatic rings. The molecule has 0 aliphatic carbocycles. The maximum Gasteiger partial charge on any atom is 0.317 e. The summed E-state index contributed by atoms with van der Waals surface area (Å²) in [5, 5.41) is 6.08. The normalized spacial score (nSPS) is 24.2. The molecule has 108 valence electrons. The van der Waals surface area contributed by atoms with Crippen molar-refractivity contribution in [1.82, 2.24) is 20.4 Å². The highest BCUT2D eigenvalue weighted by Crippen LogP contribution is 2.11. The summed E-state index contributed by atoms with van der Waals surface area (Å²) in [7, 11) is 0. The number of carbonyl (C=O) groups is 2. The topological polar surface area (TPSA) is 64.7 Å². The van der Waals surface area contributed by atoms with Gasteiger partial charge in [0.1, 0.15) is 0 Å². The Morgan fingerprint density at radius 3 is 2.42 bits per heavy atom. The van der Waals surface area contributed by atoms with Gasteiger partial charge < -0.3 is 20.4 Å². The third-order valence-corrected chi connectivity index (χ3v) is 3.81. The van der Waals surface area contributed by atoms with Gasteiger partial charge in [0.25, 0.3) is 0 Å². The zero-order chi connectivity index (χ0) is 13.7. The minimum Gasteiger partial charge on any atom is -0.338 e. The first-order valence-corrected chi connectivity index (χ1v) is 7.27. The Hall–Kier alpha value is -1.30. The van der Waals surface area contributed by atoms with Crippen molar-refractivity contribution < 1.29 is 9.59 Å². The van der Waals surface area contributed by atoms with Gasteiger partial charge in [0, 0.05) is 32.7 Å². The molecule has 0 bridgehead atoms. The Bertz CT molecular complexity index is 321. The lowest BCUT2D eigenvalue weighted by molar-refractivity contribution is -0.135. The van der Waals surface area contributed by atoms with E-state index >= 15 is 0 Å². The molecule has 2 rings (SSSR count). The van der Waals surface area contributed by atoms with Crippen LogP contribution in [0, 0.1) is 0 Å². The molecule has 0 aromatic carbocycles. The number of piperidine rings is 1. The van der Waals surface area contributed by atoms with Crippen molar-refractivity contribution in [3.8, 4) is 0 Å². The van der Waals surface area contributed by atoms with E-state index in [4.69, 9.17) is 0 Å².